The number of benzene rings is 3. The molecule has 33 heavy (non-hydrogen) atoms. The number of fused-ring (bicyclic) bond motifs is 1. The number of methoxy groups -OCH3 is 1. The summed E-state index contributed by atoms with van der Waals surface area (Å²) in [6.07, 6.45) is 1.35. The van der Waals surface area contributed by atoms with Gasteiger partial charge in [0, 0.05) is 23.4 Å². The standard InChI is InChI=1S/C25H23N3O5/c1-25(2,3)17-7-5-15(6-8-17)24-27-20-12-18(9-10-21(20)33-24)26-14-16-11-19(28(30)31)13-22(32-4)23(16)29/h5-14,29H,1-4H3. The van der Waals surface area contributed by atoms with Gasteiger partial charge < -0.3 is 14.3 Å². The molecule has 0 aliphatic carbocycles. The number of phenolic OH excluding ortho intramolecular Hbond substituents is 1. The smallest absolute Gasteiger partial charge is 0.274 e. The first-order valence-electron chi connectivity index (χ1n) is 10.3. The number of non-ortho nitro benzene ring substituents is 1. The van der Waals surface area contributed by atoms with Crippen molar-refractivity contribution in [2.24, 2.45) is 4.99 Å². The van der Waals surface area contributed by atoms with Gasteiger partial charge in [0.2, 0.25) is 5.89 Å². The highest BCUT2D eigenvalue weighted by Crippen LogP contribution is 2.34. The number of oxazole rings is 1. The van der Waals surface area contributed by atoms with Gasteiger partial charge in [-0.15, -0.1) is 0 Å². The van der Waals surface area contributed by atoms with E-state index >= 15 is 0 Å². The molecule has 0 saturated carbocycles. The molecule has 0 fully saturated rings. The average molecular weight is 445 g/mol. The molecule has 8 nitrogen and oxygen atoms in total. The van der Waals surface area contributed by atoms with E-state index in [1.54, 1.807) is 18.2 Å². The van der Waals surface area contributed by atoms with Crippen LogP contribution in [0.2, 0.25) is 0 Å². The highest BCUT2D eigenvalue weighted by molar-refractivity contribution is 5.89. The molecule has 0 atom stereocenters. The fraction of sp³-hybridized carbons (Fsp3) is 0.200. The molecule has 0 aliphatic heterocycles. The quantitative estimate of drug-likeness (QED) is 0.223. The summed E-state index contributed by atoms with van der Waals surface area (Å²) in [5.41, 5.74) is 3.91. The van der Waals surface area contributed by atoms with E-state index in [2.05, 4.69) is 42.9 Å². The Labute approximate surface area is 190 Å². The SMILES string of the molecule is COc1cc([N+](=O)[O-])cc(C=Nc2ccc3oc(-c4ccc(C(C)(C)C)cc4)nc3c2)c1O. The fourth-order valence-electron chi connectivity index (χ4n) is 3.35. The minimum absolute atomic E-state index is 0.000255. The molecule has 168 valence electrons. The summed E-state index contributed by atoms with van der Waals surface area (Å²) in [6, 6.07) is 15.7. The van der Waals surface area contributed by atoms with Crippen LogP contribution < -0.4 is 4.74 Å². The van der Waals surface area contributed by atoms with Crippen LogP contribution in [-0.4, -0.2) is 28.3 Å². The molecule has 1 heterocycles. The van der Waals surface area contributed by atoms with Crippen LogP contribution in [0.1, 0.15) is 31.9 Å². The summed E-state index contributed by atoms with van der Waals surface area (Å²) in [4.78, 5) is 19.5. The maximum atomic E-state index is 11.1. The van der Waals surface area contributed by atoms with Crippen molar-refractivity contribution >= 4 is 28.7 Å². The maximum Gasteiger partial charge on any atom is 0.274 e. The molecule has 0 spiro atoms. The molecule has 0 radical (unpaired) electrons. The zero-order valence-corrected chi connectivity index (χ0v) is 18.7. The second-order valence-electron chi connectivity index (χ2n) is 8.60. The number of phenols is 1. The zero-order valence-electron chi connectivity index (χ0n) is 18.7. The molecule has 4 aromatic rings. The summed E-state index contributed by atoms with van der Waals surface area (Å²) in [5.74, 6) is 0.280. The van der Waals surface area contributed by atoms with Crippen LogP contribution >= 0.6 is 0 Å². The van der Waals surface area contributed by atoms with Crippen LogP contribution in [0.25, 0.3) is 22.6 Å². The van der Waals surface area contributed by atoms with Gasteiger partial charge in [-0.25, -0.2) is 4.98 Å². The molecule has 0 bridgehead atoms. The van der Waals surface area contributed by atoms with Crippen LogP contribution in [0.15, 0.2) is 64.0 Å². The largest absolute Gasteiger partial charge is 0.504 e. The number of nitro benzene ring substituents is 1. The molecular formula is C25H23N3O5. The van der Waals surface area contributed by atoms with E-state index < -0.39 is 4.92 Å². The number of aromatic nitrogens is 1. The van der Waals surface area contributed by atoms with Gasteiger partial charge in [0.25, 0.3) is 5.69 Å². The van der Waals surface area contributed by atoms with Crippen molar-refractivity contribution in [3.63, 3.8) is 0 Å². The highest BCUT2D eigenvalue weighted by atomic mass is 16.6. The Morgan fingerprint density at radius 2 is 1.85 bits per heavy atom. The summed E-state index contributed by atoms with van der Waals surface area (Å²) >= 11 is 0. The molecule has 3 aromatic carbocycles. The molecule has 1 aromatic heterocycles. The van der Waals surface area contributed by atoms with Gasteiger partial charge in [0.15, 0.2) is 17.1 Å². The van der Waals surface area contributed by atoms with Gasteiger partial charge in [-0.3, -0.25) is 15.1 Å². The van der Waals surface area contributed by atoms with Crippen LogP contribution in [0.4, 0.5) is 11.4 Å². The number of rotatable bonds is 5. The lowest BCUT2D eigenvalue weighted by Gasteiger charge is -2.18. The van der Waals surface area contributed by atoms with Gasteiger partial charge in [0.1, 0.15) is 5.52 Å². The normalized spacial score (nSPS) is 11.9. The Balaban J connectivity index is 1.64. The Kier molecular flexibility index (Phi) is 5.59. The van der Waals surface area contributed by atoms with Gasteiger partial charge >= 0.3 is 0 Å². The van der Waals surface area contributed by atoms with Gasteiger partial charge in [-0.05, 0) is 41.3 Å². The van der Waals surface area contributed by atoms with Crippen molar-refractivity contribution in [3.8, 4) is 23.0 Å². The van der Waals surface area contributed by atoms with E-state index in [0.717, 1.165) is 11.6 Å². The number of hydrogen-bond acceptors (Lipinski definition) is 7. The molecule has 0 amide bonds. The molecule has 8 heteroatoms. The first-order valence-corrected chi connectivity index (χ1v) is 10.3. The number of nitrogens with zero attached hydrogens (tertiary/aromatic N) is 3. The van der Waals surface area contributed by atoms with Crippen molar-refractivity contribution in [2.75, 3.05) is 7.11 Å². The van der Waals surface area contributed by atoms with E-state index in [1.165, 1.54) is 25.0 Å². The topological polar surface area (TPSA) is 111 Å². The summed E-state index contributed by atoms with van der Waals surface area (Å²) < 4.78 is 10.9. The van der Waals surface area contributed by atoms with Crippen molar-refractivity contribution in [3.05, 3.63) is 75.8 Å². The summed E-state index contributed by atoms with van der Waals surface area (Å²) in [6.45, 7) is 6.48. The third-order valence-electron chi connectivity index (χ3n) is 5.24. The van der Waals surface area contributed by atoms with E-state index in [-0.39, 0.29) is 28.2 Å². The van der Waals surface area contributed by atoms with Gasteiger partial charge in [-0.1, -0.05) is 32.9 Å². The number of hydrogen-bond donors (Lipinski definition) is 1. The van der Waals surface area contributed by atoms with Crippen molar-refractivity contribution in [1.29, 1.82) is 0 Å². The molecular weight excluding hydrogens is 422 g/mol. The van der Waals surface area contributed by atoms with Crippen molar-refractivity contribution in [2.45, 2.75) is 26.2 Å². The van der Waals surface area contributed by atoms with E-state index in [9.17, 15) is 15.2 Å². The van der Waals surface area contributed by atoms with E-state index in [1.807, 2.05) is 12.1 Å². The predicted octanol–water partition coefficient (Wildman–Crippen LogP) is 6.17. The lowest BCUT2D eigenvalue weighted by molar-refractivity contribution is -0.385. The Morgan fingerprint density at radius 1 is 1.12 bits per heavy atom. The third kappa shape index (κ3) is 4.55. The Bertz CT molecular complexity index is 1370. The van der Waals surface area contributed by atoms with Crippen molar-refractivity contribution in [1.82, 2.24) is 4.98 Å². The Morgan fingerprint density at radius 3 is 2.48 bits per heavy atom. The molecule has 0 aliphatic rings. The van der Waals surface area contributed by atoms with Crippen molar-refractivity contribution < 1.29 is 19.2 Å². The maximum absolute atomic E-state index is 11.1. The minimum atomic E-state index is -0.559. The van der Waals surface area contributed by atoms with Crippen LogP contribution in [0.3, 0.4) is 0 Å². The third-order valence-corrected chi connectivity index (χ3v) is 5.24. The minimum Gasteiger partial charge on any atom is -0.504 e. The molecule has 1 N–H and O–H groups in total. The van der Waals surface area contributed by atoms with Gasteiger partial charge in [-0.2, -0.15) is 0 Å². The molecule has 0 saturated heterocycles. The second kappa shape index (κ2) is 8.38. The molecule has 0 unspecified atom stereocenters. The first-order chi connectivity index (χ1) is 15.7. The van der Waals surface area contributed by atoms with Crippen LogP contribution in [-0.2, 0) is 5.41 Å². The number of nitro groups is 1. The summed E-state index contributed by atoms with van der Waals surface area (Å²) in [7, 11) is 1.33. The first kappa shape index (κ1) is 22.0. The summed E-state index contributed by atoms with van der Waals surface area (Å²) in [5, 5.41) is 21.4. The monoisotopic (exact) mass is 445 g/mol. The van der Waals surface area contributed by atoms with Crippen LogP contribution in [0.5, 0.6) is 11.5 Å². The van der Waals surface area contributed by atoms with E-state index in [0.29, 0.717) is 22.7 Å². The Hall–Kier alpha value is -4.20. The molecule has 4 rings (SSSR count). The number of ether oxygens (including phenoxy) is 1. The number of aromatic hydroxyl groups is 1. The zero-order chi connectivity index (χ0) is 23.8. The fourth-order valence-corrected chi connectivity index (χ4v) is 3.35. The lowest BCUT2D eigenvalue weighted by atomic mass is 9.87. The lowest BCUT2D eigenvalue weighted by Crippen LogP contribution is -2.10. The number of aliphatic imine (C=N–C) groups is 1. The van der Waals surface area contributed by atoms with Crippen LogP contribution in [0, 0.1) is 10.1 Å². The average Bonchev–Trinajstić information content (AvgIpc) is 3.21. The second-order valence-corrected chi connectivity index (χ2v) is 8.60. The highest BCUT2D eigenvalue weighted by Gasteiger charge is 2.17. The van der Waals surface area contributed by atoms with Gasteiger partial charge in [0.05, 0.1) is 23.8 Å². The van der Waals surface area contributed by atoms with E-state index in [4.69, 9.17) is 9.15 Å². The predicted molar refractivity (Wildman–Crippen MR) is 127 cm³/mol.